The minimum atomic E-state index is -3.47. The van der Waals surface area contributed by atoms with Crippen LogP contribution in [0, 0.1) is 0 Å². The molecule has 0 fully saturated rings. The van der Waals surface area contributed by atoms with E-state index in [-0.39, 0.29) is 0 Å². The summed E-state index contributed by atoms with van der Waals surface area (Å²) in [6, 6.07) is 0. The van der Waals surface area contributed by atoms with Gasteiger partial charge in [-0.1, -0.05) is 0 Å². The number of sulfonamides is 1. The zero-order valence-electron chi connectivity index (χ0n) is 3.58. The molecule has 0 aliphatic heterocycles. The van der Waals surface area contributed by atoms with E-state index in [4.69, 9.17) is 4.79 Å². The Morgan fingerprint density at radius 3 is 2.00 bits per heavy atom. The van der Waals surface area contributed by atoms with Gasteiger partial charge in [-0.15, -0.1) is 4.72 Å². The summed E-state index contributed by atoms with van der Waals surface area (Å²) in [6.07, 6.45) is 1.71. The molecular weight excluding hydrogens is 118 g/mol. The zero-order chi connectivity index (χ0) is 5.91. The van der Waals surface area contributed by atoms with Gasteiger partial charge in [-0.25, -0.2) is 8.42 Å². The van der Waals surface area contributed by atoms with Crippen molar-refractivity contribution in [1.82, 2.24) is 4.72 Å². The maximum Gasteiger partial charge on any atom is 0.348 e. The average Bonchev–Trinajstić information content (AvgIpc) is 1.30. The van der Waals surface area contributed by atoms with E-state index < -0.39 is 10.0 Å². The fourth-order valence-corrected chi connectivity index (χ4v) is 0.203. The summed E-state index contributed by atoms with van der Waals surface area (Å²) in [5.74, 6) is 0. The third-order valence-electron chi connectivity index (χ3n) is 0.203. The van der Waals surface area contributed by atoms with Gasteiger partial charge in [0.25, 0.3) is 10.0 Å². The molecule has 4 nitrogen and oxygen atoms in total. The Hall–Kier alpha value is -0.580. The van der Waals surface area contributed by atoms with Crippen LogP contribution in [0.4, 0.5) is 0 Å². The van der Waals surface area contributed by atoms with E-state index >= 15 is 0 Å². The molecule has 0 atom stereocenters. The van der Waals surface area contributed by atoms with Crippen molar-refractivity contribution in [3.05, 3.63) is 0 Å². The Kier molecular flexibility index (Phi) is 1.76. The molecule has 7 heavy (non-hydrogen) atoms. The number of hydrogen-bond donors (Lipinski definition) is 0. The fourth-order valence-electron chi connectivity index (χ4n) is 0.0677. The maximum atomic E-state index is 9.80. The Labute approximate surface area is 41.6 Å². The zero-order valence-corrected chi connectivity index (χ0v) is 4.40. The van der Waals surface area contributed by atoms with Crippen LogP contribution in [0.2, 0.25) is 0 Å². The molecule has 40 valence electrons. The predicted molar refractivity (Wildman–Crippen MR) is 22.7 cm³/mol. The largest absolute Gasteiger partial charge is 0.348 e. The molecule has 0 spiro atoms. The lowest BCUT2D eigenvalue weighted by atomic mass is 11.5. The minimum Gasteiger partial charge on any atom is -0.260 e. The first-order chi connectivity index (χ1) is 3.06. The number of amides is 1. The summed E-state index contributed by atoms with van der Waals surface area (Å²) in [6.45, 7) is 0. The summed E-state index contributed by atoms with van der Waals surface area (Å²) in [5, 5.41) is 0. The lowest BCUT2D eigenvalue weighted by Gasteiger charge is -1.80. The van der Waals surface area contributed by atoms with Crippen molar-refractivity contribution >= 4 is 16.4 Å². The van der Waals surface area contributed by atoms with Crippen molar-refractivity contribution in [3.63, 3.8) is 0 Å². The first kappa shape index (κ1) is 6.42. The molecule has 0 aromatic carbocycles. The van der Waals surface area contributed by atoms with Crippen LogP contribution in [0.25, 0.3) is 0 Å². The van der Waals surface area contributed by atoms with E-state index in [1.54, 1.807) is 0 Å². The Morgan fingerprint density at radius 1 is 1.57 bits per heavy atom. The number of nitrogens with zero attached hydrogens (tertiary/aromatic N) is 1. The highest BCUT2D eigenvalue weighted by Gasteiger charge is 1.97. The SMILES string of the molecule is CS(=O)(=O)[N][C]=O. The Morgan fingerprint density at radius 2 is 2.00 bits per heavy atom. The summed E-state index contributed by atoms with van der Waals surface area (Å²) in [5.41, 5.74) is 0. The molecule has 5 heteroatoms. The third kappa shape index (κ3) is 5.42. The summed E-state index contributed by atoms with van der Waals surface area (Å²) < 4.78 is 22.0. The molecule has 1 amide bonds. The van der Waals surface area contributed by atoms with Crippen molar-refractivity contribution in [1.29, 1.82) is 0 Å². The molecule has 0 aliphatic rings. The number of rotatable bonds is 2. The summed E-state index contributed by atoms with van der Waals surface area (Å²) >= 11 is 0. The van der Waals surface area contributed by atoms with E-state index in [1.165, 1.54) is 0 Å². The van der Waals surface area contributed by atoms with Crippen LogP contribution in [0.15, 0.2) is 0 Å². The first-order valence-corrected chi connectivity index (χ1v) is 3.20. The first-order valence-electron chi connectivity index (χ1n) is 1.35. The van der Waals surface area contributed by atoms with Crippen molar-refractivity contribution in [2.45, 2.75) is 0 Å². The van der Waals surface area contributed by atoms with Crippen LogP contribution >= 0.6 is 0 Å². The van der Waals surface area contributed by atoms with Crippen LogP contribution in [0.3, 0.4) is 0 Å². The van der Waals surface area contributed by atoms with Gasteiger partial charge in [0.2, 0.25) is 0 Å². The van der Waals surface area contributed by atoms with Gasteiger partial charge >= 0.3 is 6.41 Å². The van der Waals surface area contributed by atoms with Gasteiger partial charge in [-0.05, 0) is 0 Å². The highest BCUT2D eigenvalue weighted by molar-refractivity contribution is 7.89. The van der Waals surface area contributed by atoms with E-state index in [0.29, 0.717) is 0 Å². The molecule has 0 heterocycles. The molecule has 0 saturated carbocycles. The lowest BCUT2D eigenvalue weighted by Crippen LogP contribution is -2.10. The topological polar surface area (TPSA) is 65.3 Å². The molecule has 0 N–H and O–H groups in total. The molecule has 0 bridgehead atoms. The Bertz CT molecular complexity index is 146. The molecule has 2 radical (unpaired) electrons. The van der Waals surface area contributed by atoms with Gasteiger partial charge in [0, 0.05) is 0 Å². The van der Waals surface area contributed by atoms with Crippen LogP contribution in [0.5, 0.6) is 0 Å². The monoisotopic (exact) mass is 121 g/mol. The van der Waals surface area contributed by atoms with Crippen molar-refractivity contribution in [3.8, 4) is 0 Å². The van der Waals surface area contributed by atoms with Gasteiger partial charge < -0.3 is 0 Å². The predicted octanol–water partition coefficient (Wildman–Crippen LogP) is -1.38. The van der Waals surface area contributed by atoms with Crippen molar-refractivity contribution < 1.29 is 13.2 Å². The van der Waals surface area contributed by atoms with E-state index in [9.17, 15) is 8.42 Å². The molecule has 0 saturated heterocycles. The van der Waals surface area contributed by atoms with Crippen LogP contribution < -0.4 is 4.72 Å². The fraction of sp³-hybridized carbons (Fsp3) is 0.500. The maximum absolute atomic E-state index is 9.80. The van der Waals surface area contributed by atoms with Gasteiger partial charge in [0.05, 0.1) is 6.26 Å². The highest BCUT2D eigenvalue weighted by Crippen LogP contribution is 1.67. The van der Waals surface area contributed by atoms with Gasteiger partial charge in [-0.3, -0.25) is 4.79 Å². The van der Waals surface area contributed by atoms with Gasteiger partial charge in [-0.2, -0.15) is 0 Å². The summed E-state index contributed by atoms with van der Waals surface area (Å²) in [4.78, 5) is 9.15. The molecule has 0 unspecified atom stereocenters. The van der Waals surface area contributed by atoms with Gasteiger partial charge in [0.15, 0.2) is 0 Å². The second-order valence-corrected chi connectivity index (χ2v) is 2.56. The van der Waals surface area contributed by atoms with Crippen LogP contribution in [-0.2, 0) is 14.8 Å². The molecule has 0 aliphatic carbocycles. The van der Waals surface area contributed by atoms with Crippen LogP contribution in [-0.4, -0.2) is 21.1 Å². The molecular formula is C2H3NO3S. The normalized spacial score (nSPS) is 10.4. The standard InChI is InChI=1S/C2H3NO3S/c1-7(5,6)3-2-4/h1H3. The van der Waals surface area contributed by atoms with E-state index in [0.717, 1.165) is 12.7 Å². The molecule has 0 aromatic heterocycles. The highest BCUT2D eigenvalue weighted by atomic mass is 32.2. The van der Waals surface area contributed by atoms with Crippen molar-refractivity contribution in [2.75, 3.05) is 6.26 Å². The Balaban J connectivity index is 3.84. The van der Waals surface area contributed by atoms with Crippen molar-refractivity contribution in [2.24, 2.45) is 0 Å². The van der Waals surface area contributed by atoms with Crippen LogP contribution in [0.1, 0.15) is 0 Å². The summed E-state index contributed by atoms with van der Waals surface area (Å²) in [7, 11) is -3.47. The molecule has 0 rings (SSSR count). The second-order valence-electron chi connectivity index (χ2n) is 0.916. The van der Waals surface area contributed by atoms with Gasteiger partial charge in [0.1, 0.15) is 0 Å². The molecule has 0 aromatic rings. The minimum absolute atomic E-state index is 0.817. The second kappa shape index (κ2) is 1.92. The van der Waals surface area contributed by atoms with E-state index in [1.807, 2.05) is 0 Å². The number of hydrogen-bond acceptors (Lipinski definition) is 3. The number of carbonyl (C=O) groups excluding carboxylic acids is 1. The smallest absolute Gasteiger partial charge is 0.260 e. The average molecular weight is 121 g/mol. The third-order valence-corrected chi connectivity index (χ3v) is 0.609. The quantitative estimate of drug-likeness (QED) is 0.452. The lowest BCUT2D eigenvalue weighted by molar-refractivity contribution is 0.547. The van der Waals surface area contributed by atoms with E-state index in [2.05, 4.69) is 4.72 Å².